The van der Waals surface area contributed by atoms with Gasteiger partial charge < -0.3 is 33.9 Å². The van der Waals surface area contributed by atoms with Gasteiger partial charge in [-0.05, 0) is 45.0 Å². The summed E-state index contributed by atoms with van der Waals surface area (Å²) in [5.74, 6) is -4.70. The second-order valence-corrected chi connectivity index (χ2v) is 10.3. The number of benzene rings is 1. The summed E-state index contributed by atoms with van der Waals surface area (Å²) in [6.45, 7) is 3.91. The van der Waals surface area contributed by atoms with Gasteiger partial charge in [0.25, 0.3) is 14.1 Å². The first-order chi connectivity index (χ1) is 18.9. The molecule has 4 rings (SSSR count). The molecule has 3 heterocycles. The Labute approximate surface area is 226 Å². The van der Waals surface area contributed by atoms with Gasteiger partial charge in [-0.1, -0.05) is 0 Å². The van der Waals surface area contributed by atoms with Crippen LogP contribution in [0, 0.1) is 0 Å². The number of carbonyl (C=O) groups is 2. The first-order valence-corrected chi connectivity index (χ1v) is 13.3. The summed E-state index contributed by atoms with van der Waals surface area (Å²) in [6.07, 6.45) is -5.85. The van der Waals surface area contributed by atoms with Crippen LogP contribution in [0.5, 0.6) is 11.5 Å². The molecule has 2 aromatic rings. The smallest absolute Gasteiger partial charge is 0.351 e. The van der Waals surface area contributed by atoms with Crippen molar-refractivity contribution in [2.45, 2.75) is 57.3 Å². The number of nitrogens with zero attached hydrogens (tertiary/aromatic N) is 2. The van der Waals surface area contributed by atoms with E-state index >= 15 is 0 Å². The number of aromatic nitrogens is 2. The number of halogens is 2. The molecular weight excluding hydrogens is 561 g/mol. The van der Waals surface area contributed by atoms with Gasteiger partial charge in [0.15, 0.2) is 17.6 Å². The van der Waals surface area contributed by atoms with Crippen molar-refractivity contribution in [3.05, 3.63) is 46.5 Å². The summed E-state index contributed by atoms with van der Waals surface area (Å²) in [6, 6.07) is 4.51. The highest BCUT2D eigenvalue weighted by molar-refractivity contribution is 7.36. The van der Waals surface area contributed by atoms with E-state index in [-0.39, 0.29) is 18.2 Å². The predicted octanol–water partition coefficient (Wildman–Crippen LogP) is 1.45. The molecule has 1 fully saturated rings. The minimum absolute atomic E-state index is 0.0135. The third-order valence-electron chi connectivity index (χ3n) is 5.76. The van der Waals surface area contributed by atoms with Crippen LogP contribution in [0.2, 0.25) is 0 Å². The molecule has 14 nitrogen and oxygen atoms in total. The normalized spacial score (nSPS) is 22.6. The number of carbonyl (C=O) groups excluding carboxylic acids is 2. The SMILES string of the molecule is CC(C)OC(=O)[C@H](C)N[PH](=O)OCC1O[C@@H](n2ccc(NC(=O)c3ccc4c(c3)OCO4)nc2=O)C(F)(F)[C@H]1O. The summed E-state index contributed by atoms with van der Waals surface area (Å²) in [5.41, 5.74) is -1.03. The third-order valence-corrected chi connectivity index (χ3v) is 6.85. The number of amides is 1. The third kappa shape index (κ3) is 6.47. The van der Waals surface area contributed by atoms with Gasteiger partial charge in [0.05, 0.1) is 12.7 Å². The number of fused-ring (bicyclic) bond motifs is 1. The lowest BCUT2D eigenvalue weighted by atomic mass is 10.1. The van der Waals surface area contributed by atoms with Gasteiger partial charge in [0.2, 0.25) is 13.0 Å². The monoisotopic (exact) mass is 588 g/mol. The summed E-state index contributed by atoms with van der Waals surface area (Å²) in [7, 11) is -3.12. The Hall–Kier alpha value is -3.43. The molecule has 1 aromatic heterocycles. The minimum atomic E-state index is -3.96. The van der Waals surface area contributed by atoms with Crippen molar-refractivity contribution >= 4 is 25.9 Å². The Morgan fingerprint density at radius 3 is 2.67 bits per heavy atom. The molecule has 2 aliphatic heterocycles. The Kier molecular flexibility index (Phi) is 8.85. The first-order valence-electron chi connectivity index (χ1n) is 12.0. The molecule has 0 bridgehead atoms. The van der Waals surface area contributed by atoms with Crippen molar-refractivity contribution in [3.63, 3.8) is 0 Å². The van der Waals surface area contributed by atoms with E-state index in [4.69, 9.17) is 23.5 Å². The molecule has 17 heteroatoms. The van der Waals surface area contributed by atoms with E-state index < -0.39 is 68.9 Å². The maximum Gasteiger partial charge on any atom is 0.351 e. The van der Waals surface area contributed by atoms with Crippen molar-refractivity contribution in [1.82, 2.24) is 14.6 Å². The Bertz CT molecular complexity index is 1360. The number of anilines is 1. The Morgan fingerprint density at radius 1 is 1.25 bits per heavy atom. The number of alkyl halides is 2. The lowest BCUT2D eigenvalue weighted by Gasteiger charge is -2.21. The number of hydrogen-bond donors (Lipinski definition) is 3. The lowest BCUT2D eigenvalue weighted by molar-refractivity contribution is -0.149. The molecule has 40 heavy (non-hydrogen) atoms. The molecule has 0 aliphatic carbocycles. The van der Waals surface area contributed by atoms with E-state index in [1.54, 1.807) is 13.8 Å². The van der Waals surface area contributed by atoms with Crippen molar-refractivity contribution in [1.29, 1.82) is 0 Å². The fourth-order valence-corrected chi connectivity index (χ4v) is 4.63. The minimum Gasteiger partial charge on any atom is -0.462 e. The molecule has 3 N–H and O–H groups in total. The highest BCUT2D eigenvalue weighted by Gasteiger charge is 2.59. The second kappa shape index (κ2) is 12.0. The number of aliphatic hydroxyl groups is 1. The standard InChI is InChI=1S/C23H27F2N4O10P/c1-11(2)38-20(32)12(3)28-40(34)37-9-16-18(30)23(24,25)21(39-16)29-7-6-17(27-22(29)33)26-19(31)13-4-5-14-15(8-13)36-10-35-14/h4-8,11-12,16,18,21,30,40H,9-10H2,1-3H3,(H,28,34)(H,26,27,31,33)/t12-,16?,18-,21+/m0/s1. The molecule has 2 unspecified atom stereocenters. The number of ether oxygens (including phenoxy) is 4. The molecule has 2 aliphatic rings. The summed E-state index contributed by atoms with van der Waals surface area (Å²) in [5, 5.41) is 14.9. The molecule has 0 saturated carbocycles. The Morgan fingerprint density at radius 2 is 1.98 bits per heavy atom. The van der Waals surface area contributed by atoms with Gasteiger partial charge in [-0.15, -0.1) is 0 Å². The topological polar surface area (TPSA) is 177 Å². The molecular formula is C23H27F2N4O10P. The molecule has 1 saturated heterocycles. The van der Waals surface area contributed by atoms with Crippen molar-refractivity contribution in [2.75, 3.05) is 18.7 Å². The van der Waals surface area contributed by atoms with Crippen LogP contribution < -0.4 is 25.6 Å². The number of esters is 1. The molecule has 0 spiro atoms. The molecule has 5 atom stereocenters. The number of rotatable bonds is 10. The van der Waals surface area contributed by atoms with Crippen molar-refractivity contribution < 1.29 is 51.5 Å². The van der Waals surface area contributed by atoms with Gasteiger partial charge in [-0.3, -0.25) is 18.7 Å². The van der Waals surface area contributed by atoms with E-state index in [1.165, 1.54) is 25.1 Å². The van der Waals surface area contributed by atoms with E-state index in [2.05, 4.69) is 15.4 Å². The molecule has 0 radical (unpaired) electrons. The van der Waals surface area contributed by atoms with Gasteiger partial charge in [-0.2, -0.15) is 13.8 Å². The van der Waals surface area contributed by atoms with Gasteiger partial charge in [0, 0.05) is 11.8 Å². The lowest BCUT2D eigenvalue weighted by Crippen LogP contribution is -2.42. The fraction of sp³-hybridized carbons (Fsp3) is 0.478. The molecule has 218 valence electrons. The average Bonchev–Trinajstić information content (AvgIpc) is 3.44. The average molecular weight is 588 g/mol. The zero-order valence-electron chi connectivity index (χ0n) is 21.5. The van der Waals surface area contributed by atoms with Crippen LogP contribution in [0.25, 0.3) is 0 Å². The van der Waals surface area contributed by atoms with E-state index in [9.17, 15) is 32.8 Å². The Balaban J connectivity index is 1.38. The van der Waals surface area contributed by atoms with Gasteiger partial charge in [0.1, 0.15) is 18.0 Å². The van der Waals surface area contributed by atoms with Gasteiger partial charge >= 0.3 is 17.6 Å². The fourth-order valence-electron chi connectivity index (χ4n) is 3.76. The van der Waals surface area contributed by atoms with Crippen LogP contribution >= 0.6 is 8.18 Å². The van der Waals surface area contributed by atoms with E-state index in [0.717, 1.165) is 12.3 Å². The number of aliphatic hydroxyl groups excluding tert-OH is 1. The zero-order chi connectivity index (χ0) is 29.2. The molecule has 1 aromatic carbocycles. The maximum atomic E-state index is 14.9. The summed E-state index contributed by atoms with van der Waals surface area (Å²) < 4.78 is 67.9. The van der Waals surface area contributed by atoms with Crippen LogP contribution in [0.15, 0.2) is 35.3 Å². The van der Waals surface area contributed by atoms with Gasteiger partial charge in [-0.25, -0.2) is 9.88 Å². The summed E-state index contributed by atoms with van der Waals surface area (Å²) >= 11 is 0. The highest BCUT2D eigenvalue weighted by atomic mass is 31.1. The van der Waals surface area contributed by atoms with Crippen LogP contribution in [-0.2, 0) is 23.4 Å². The number of nitrogens with one attached hydrogen (secondary N) is 2. The highest BCUT2D eigenvalue weighted by Crippen LogP contribution is 2.43. The second-order valence-electron chi connectivity index (χ2n) is 9.12. The first kappa shape index (κ1) is 29.6. The number of hydrogen-bond acceptors (Lipinski definition) is 11. The van der Waals surface area contributed by atoms with Crippen molar-refractivity contribution in [2.24, 2.45) is 0 Å². The van der Waals surface area contributed by atoms with Crippen LogP contribution in [0.1, 0.15) is 37.4 Å². The van der Waals surface area contributed by atoms with Crippen LogP contribution in [-0.4, -0.2) is 70.2 Å². The largest absolute Gasteiger partial charge is 0.462 e. The van der Waals surface area contributed by atoms with E-state index in [1.807, 2.05) is 0 Å². The zero-order valence-corrected chi connectivity index (χ0v) is 22.5. The maximum absolute atomic E-state index is 14.9. The quantitative estimate of drug-likeness (QED) is 0.269. The van der Waals surface area contributed by atoms with Crippen LogP contribution in [0.4, 0.5) is 14.6 Å². The van der Waals surface area contributed by atoms with Crippen molar-refractivity contribution in [3.8, 4) is 11.5 Å². The molecule has 1 amide bonds. The summed E-state index contributed by atoms with van der Waals surface area (Å²) in [4.78, 5) is 40.5. The van der Waals surface area contributed by atoms with Crippen LogP contribution in [0.3, 0.4) is 0 Å². The predicted molar refractivity (Wildman–Crippen MR) is 133 cm³/mol. The van der Waals surface area contributed by atoms with E-state index in [0.29, 0.717) is 16.1 Å².